The Morgan fingerprint density at radius 3 is 2.72 bits per heavy atom. The minimum atomic E-state index is 0. The van der Waals surface area contributed by atoms with Gasteiger partial charge >= 0.3 is 0 Å². The molecule has 1 heterocycles. The highest BCUT2D eigenvalue weighted by molar-refractivity contribution is 6.30. The Morgan fingerprint density at radius 2 is 2.11 bits per heavy atom. The predicted molar refractivity (Wildman–Crippen MR) is 76.3 cm³/mol. The molecule has 1 aromatic carbocycles. The Morgan fingerprint density at radius 1 is 1.44 bits per heavy atom. The number of nitrogens with one attached hydrogen (secondary N) is 1. The van der Waals surface area contributed by atoms with Crippen molar-refractivity contribution in [3.8, 4) is 0 Å². The largest absolute Gasteiger partial charge is 0.335 e. The SMILES string of the molecule is CNCC(=O)N1CCCC1c1ccc(Cl)cc1.Cl. The van der Waals surface area contributed by atoms with Crippen molar-refractivity contribution in [1.29, 1.82) is 0 Å². The molecule has 100 valence electrons. The monoisotopic (exact) mass is 288 g/mol. The second kappa shape index (κ2) is 6.98. The van der Waals surface area contributed by atoms with Gasteiger partial charge in [-0.1, -0.05) is 23.7 Å². The zero-order valence-electron chi connectivity index (χ0n) is 10.4. The number of nitrogens with zero attached hydrogens (tertiary/aromatic N) is 1. The lowest BCUT2D eigenvalue weighted by molar-refractivity contribution is -0.131. The van der Waals surface area contributed by atoms with Crippen molar-refractivity contribution in [3.05, 3.63) is 34.9 Å². The minimum absolute atomic E-state index is 0. The summed E-state index contributed by atoms with van der Waals surface area (Å²) in [6, 6.07) is 8.01. The van der Waals surface area contributed by atoms with Crippen LogP contribution in [0.3, 0.4) is 0 Å². The Bertz CT molecular complexity index is 394. The number of amides is 1. The molecule has 1 saturated heterocycles. The molecular formula is C13H18Cl2N2O. The third-order valence-electron chi connectivity index (χ3n) is 3.16. The van der Waals surface area contributed by atoms with Crippen LogP contribution >= 0.6 is 24.0 Å². The molecule has 1 amide bonds. The van der Waals surface area contributed by atoms with Crippen LogP contribution in [-0.4, -0.2) is 30.9 Å². The van der Waals surface area contributed by atoms with Crippen LogP contribution in [0.5, 0.6) is 0 Å². The summed E-state index contributed by atoms with van der Waals surface area (Å²) >= 11 is 5.88. The van der Waals surface area contributed by atoms with Gasteiger partial charge in [0.25, 0.3) is 0 Å². The molecular weight excluding hydrogens is 271 g/mol. The lowest BCUT2D eigenvalue weighted by Crippen LogP contribution is -2.36. The van der Waals surface area contributed by atoms with E-state index in [-0.39, 0.29) is 24.4 Å². The molecule has 1 atom stereocenters. The van der Waals surface area contributed by atoms with Gasteiger partial charge in [-0.2, -0.15) is 0 Å². The van der Waals surface area contributed by atoms with E-state index >= 15 is 0 Å². The van der Waals surface area contributed by atoms with Gasteiger partial charge in [0.1, 0.15) is 0 Å². The molecule has 5 heteroatoms. The van der Waals surface area contributed by atoms with Gasteiger partial charge in [0.05, 0.1) is 12.6 Å². The smallest absolute Gasteiger partial charge is 0.237 e. The first-order chi connectivity index (χ1) is 8.22. The molecule has 1 aliphatic rings. The quantitative estimate of drug-likeness (QED) is 0.927. The molecule has 1 aliphatic heterocycles. The summed E-state index contributed by atoms with van der Waals surface area (Å²) in [6.45, 7) is 1.26. The standard InChI is InChI=1S/C13H17ClN2O.ClH/c1-15-9-13(17)16-8-2-3-12(16)10-4-6-11(14)7-5-10;/h4-7,12,15H,2-3,8-9H2,1H3;1H. The Hall–Kier alpha value is -0.770. The van der Waals surface area contributed by atoms with E-state index in [0.29, 0.717) is 6.54 Å². The van der Waals surface area contributed by atoms with E-state index in [1.165, 1.54) is 5.56 Å². The number of hydrogen-bond donors (Lipinski definition) is 1. The molecule has 1 fully saturated rings. The second-order valence-corrected chi connectivity index (χ2v) is 4.76. The fourth-order valence-corrected chi connectivity index (χ4v) is 2.48. The molecule has 1 aromatic rings. The van der Waals surface area contributed by atoms with Gasteiger partial charge in [0.15, 0.2) is 0 Å². The van der Waals surface area contributed by atoms with Gasteiger partial charge in [-0.3, -0.25) is 4.79 Å². The number of likely N-dealkylation sites (tertiary alicyclic amines) is 1. The number of carbonyl (C=O) groups excluding carboxylic acids is 1. The van der Waals surface area contributed by atoms with Gasteiger partial charge < -0.3 is 10.2 Å². The van der Waals surface area contributed by atoms with E-state index in [2.05, 4.69) is 5.32 Å². The zero-order valence-corrected chi connectivity index (χ0v) is 11.9. The van der Waals surface area contributed by atoms with Crippen molar-refractivity contribution in [2.75, 3.05) is 20.1 Å². The Kier molecular flexibility index (Phi) is 5.93. The van der Waals surface area contributed by atoms with Crippen molar-refractivity contribution in [3.63, 3.8) is 0 Å². The first-order valence-corrected chi connectivity index (χ1v) is 6.29. The zero-order chi connectivity index (χ0) is 12.3. The van der Waals surface area contributed by atoms with Gasteiger partial charge in [0.2, 0.25) is 5.91 Å². The van der Waals surface area contributed by atoms with Crippen LogP contribution in [0.25, 0.3) is 0 Å². The average Bonchev–Trinajstić information content (AvgIpc) is 2.79. The van der Waals surface area contributed by atoms with Gasteiger partial charge in [-0.15, -0.1) is 12.4 Å². The lowest BCUT2D eigenvalue weighted by Gasteiger charge is -2.25. The summed E-state index contributed by atoms with van der Waals surface area (Å²) < 4.78 is 0. The van der Waals surface area contributed by atoms with Gasteiger partial charge in [-0.25, -0.2) is 0 Å². The van der Waals surface area contributed by atoms with Gasteiger partial charge in [-0.05, 0) is 37.6 Å². The van der Waals surface area contributed by atoms with Crippen LogP contribution in [0.1, 0.15) is 24.4 Å². The molecule has 2 rings (SSSR count). The number of carbonyl (C=O) groups is 1. The number of benzene rings is 1. The Balaban J connectivity index is 0.00000162. The molecule has 18 heavy (non-hydrogen) atoms. The fraction of sp³-hybridized carbons (Fsp3) is 0.462. The summed E-state index contributed by atoms with van der Waals surface area (Å²) in [7, 11) is 1.80. The molecule has 0 aromatic heterocycles. The van der Waals surface area contributed by atoms with E-state index in [9.17, 15) is 4.79 Å². The minimum Gasteiger partial charge on any atom is -0.335 e. The number of halogens is 2. The van der Waals surface area contributed by atoms with E-state index in [0.717, 1.165) is 24.4 Å². The molecule has 0 radical (unpaired) electrons. The maximum Gasteiger partial charge on any atom is 0.237 e. The Labute approximate surface area is 119 Å². The van der Waals surface area contributed by atoms with Crippen LogP contribution in [0, 0.1) is 0 Å². The number of hydrogen-bond acceptors (Lipinski definition) is 2. The fourth-order valence-electron chi connectivity index (χ4n) is 2.35. The van der Waals surface area contributed by atoms with Crippen LogP contribution in [0.15, 0.2) is 24.3 Å². The summed E-state index contributed by atoms with van der Waals surface area (Å²) in [5, 5.41) is 3.65. The average molecular weight is 289 g/mol. The first-order valence-electron chi connectivity index (χ1n) is 5.92. The molecule has 0 saturated carbocycles. The maximum atomic E-state index is 11.9. The molecule has 0 bridgehead atoms. The molecule has 1 N–H and O–H groups in total. The summed E-state index contributed by atoms with van der Waals surface area (Å²) in [5.74, 6) is 0.171. The highest BCUT2D eigenvalue weighted by atomic mass is 35.5. The molecule has 3 nitrogen and oxygen atoms in total. The first kappa shape index (κ1) is 15.3. The maximum absolute atomic E-state index is 11.9. The van der Waals surface area contributed by atoms with E-state index in [1.807, 2.05) is 29.2 Å². The van der Waals surface area contributed by atoms with Crippen molar-refractivity contribution in [2.24, 2.45) is 0 Å². The van der Waals surface area contributed by atoms with Crippen LogP contribution in [0.4, 0.5) is 0 Å². The van der Waals surface area contributed by atoms with Crippen molar-refractivity contribution >= 4 is 29.9 Å². The predicted octanol–water partition coefficient (Wildman–Crippen LogP) is 2.64. The number of rotatable bonds is 3. The highest BCUT2D eigenvalue weighted by Gasteiger charge is 2.29. The summed E-state index contributed by atoms with van der Waals surface area (Å²) in [5.41, 5.74) is 1.18. The molecule has 0 aliphatic carbocycles. The highest BCUT2D eigenvalue weighted by Crippen LogP contribution is 2.32. The molecule has 0 spiro atoms. The van der Waals surface area contributed by atoms with Crippen molar-refractivity contribution < 1.29 is 4.79 Å². The second-order valence-electron chi connectivity index (χ2n) is 4.33. The molecule has 1 unspecified atom stereocenters. The van der Waals surface area contributed by atoms with E-state index < -0.39 is 0 Å². The third-order valence-corrected chi connectivity index (χ3v) is 3.41. The number of likely N-dealkylation sites (N-methyl/N-ethyl adjacent to an activating group) is 1. The third kappa shape index (κ3) is 3.37. The van der Waals surface area contributed by atoms with E-state index in [1.54, 1.807) is 7.05 Å². The van der Waals surface area contributed by atoms with E-state index in [4.69, 9.17) is 11.6 Å². The lowest BCUT2D eigenvalue weighted by atomic mass is 10.0. The van der Waals surface area contributed by atoms with Crippen molar-refractivity contribution in [1.82, 2.24) is 10.2 Å². The normalized spacial score (nSPS) is 18.6. The van der Waals surface area contributed by atoms with Crippen LogP contribution in [-0.2, 0) is 4.79 Å². The van der Waals surface area contributed by atoms with Crippen LogP contribution in [0.2, 0.25) is 5.02 Å². The van der Waals surface area contributed by atoms with Gasteiger partial charge in [0, 0.05) is 11.6 Å². The van der Waals surface area contributed by atoms with Crippen molar-refractivity contribution in [2.45, 2.75) is 18.9 Å². The topological polar surface area (TPSA) is 32.3 Å². The summed E-state index contributed by atoms with van der Waals surface area (Å²) in [4.78, 5) is 13.9. The van der Waals surface area contributed by atoms with Crippen LogP contribution < -0.4 is 5.32 Å². The summed E-state index contributed by atoms with van der Waals surface area (Å²) in [6.07, 6.45) is 2.11.